The molecule has 0 aliphatic heterocycles. The van der Waals surface area contributed by atoms with Crippen molar-refractivity contribution in [2.24, 2.45) is 0 Å². The van der Waals surface area contributed by atoms with E-state index < -0.39 is 0 Å². The summed E-state index contributed by atoms with van der Waals surface area (Å²) < 4.78 is 10.2. The van der Waals surface area contributed by atoms with Crippen molar-refractivity contribution in [2.45, 2.75) is 110 Å². The zero-order chi connectivity index (χ0) is 23.3. The molecule has 182 valence electrons. The normalized spacial score (nSPS) is 11.2. The van der Waals surface area contributed by atoms with Gasteiger partial charge in [-0.1, -0.05) is 109 Å². The molecule has 1 aromatic rings. The zero-order valence-corrected chi connectivity index (χ0v) is 20.6. The van der Waals surface area contributed by atoms with Crippen LogP contribution in [0.15, 0.2) is 24.3 Å². The van der Waals surface area contributed by atoms with Crippen LogP contribution in [0.25, 0.3) is 6.08 Å². The number of unbranched alkanes of at least 4 members (excludes halogenated alkanes) is 15. The molecular formula is C28H46O4. The zero-order valence-electron chi connectivity index (χ0n) is 20.6. The third-order valence-corrected chi connectivity index (χ3v) is 5.86. The SMILES string of the molecule is CCCCCCCCCCCCCCCCCCOC(=O)/C=C/c1ccc(OC)c(O)c1. The molecule has 0 fully saturated rings. The van der Waals surface area contributed by atoms with Gasteiger partial charge in [0.25, 0.3) is 0 Å². The Balaban J connectivity index is 1.88. The van der Waals surface area contributed by atoms with Gasteiger partial charge in [-0.2, -0.15) is 0 Å². The first-order chi connectivity index (χ1) is 15.7. The summed E-state index contributed by atoms with van der Waals surface area (Å²) in [6.07, 6.45) is 24.3. The van der Waals surface area contributed by atoms with E-state index in [4.69, 9.17) is 9.47 Å². The van der Waals surface area contributed by atoms with Gasteiger partial charge in [-0.15, -0.1) is 0 Å². The van der Waals surface area contributed by atoms with Gasteiger partial charge in [-0.05, 0) is 30.2 Å². The van der Waals surface area contributed by atoms with Crippen molar-refractivity contribution in [1.29, 1.82) is 0 Å². The fourth-order valence-electron chi connectivity index (χ4n) is 3.85. The summed E-state index contributed by atoms with van der Waals surface area (Å²) in [4.78, 5) is 11.8. The number of aromatic hydroxyl groups is 1. The fourth-order valence-corrected chi connectivity index (χ4v) is 3.85. The number of esters is 1. The lowest BCUT2D eigenvalue weighted by molar-refractivity contribution is -0.137. The smallest absolute Gasteiger partial charge is 0.330 e. The quantitative estimate of drug-likeness (QED) is 0.124. The predicted molar refractivity (Wildman–Crippen MR) is 134 cm³/mol. The molecule has 1 aromatic carbocycles. The van der Waals surface area contributed by atoms with Crippen LogP contribution < -0.4 is 4.74 Å². The Morgan fingerprint density at radius 2 is 1.31 bits per heavy atom. The monoisotopic (exact) mass is 446 g/mol. The van der Waals surface area contributed by atoms with Gasteiger partial charge in [0, 0.05) is 6.08 Å². The van der Waals surface area contributed by atoms with Gasteiger partial charge in [0.15, 0.2) is 11.5 Å². The van der Waals surface area contributed by atoms with Crippen molar-refractivity contribution in [3.63, 3.8) is 0 Å². The lowest BCUT2D eigenvalue weighted by Gasteiger charge is -2.04. The van der Waals surface area contributed by atoms with Crippen LogP contribution in [0.4, 0.5) is 0 Å². The van der Waals surface area contributed by atoms with Crippen molar-refractivity contribution < 1.29 is 19.4 Å². The summed E-state index contributed by atoms with van der Waals surface area (Å²) in [5.74, 6) is 0.116. The highest BCUT2D eigenvalue weighted by atomic mass is 16.5. The van der Waals surface area contributed by atoms with Crippen molar-refractivity contribution in [3.8, 4) is 11.5 Å². The third-order valence-electron chi connectivity index (χ3n) is 5.86. The number of carbonyl (C=O) groups is 1. The topological polar surface area (TPSA) is 55.8 Å². The summed E-state index contributed by atoms with van der Waals surface area (Å²) >= 11 is 0. The summed E-state index contributed by atoms with van der Waals surface area (Å²) in [5.41, 5.74) is 0.725. The van der Waals surface area contributed by atoms with E-state index >= 15 is 0 Å². The second-order valence-corrected chi connectivity index (χ2v) is 8.74. The van der Waals surface area contributed by atoms with E-state index in [-0.39, 0.29) is 11.7 Å². The Labute approximate surface area is 196 Å². The van der Waals surface area contributed by atoms with Crippen LogP contribution in [-0.4, -0.2) is 24.8 Å². The molecule has 0 atom stereocenters. The molecule has 0 saturated carbocycles. The van der Waals surface area contributed by atoms with E-state index in [0.717, 1.165) is 18.4 Å². The van der Waals surface area contributed by atoms with Gasteiger partial charge < -0.3 is 14.6 Å². The number of phenols is 1. The molecule has 32 heavy (non-hydrogen) atoms. The molecule has 4 nitrogen and oxygen atoms in total. The Kier molecular flexibility index (Phi) is 17.3. The number of benzene rings is 1. The summed E-state index contributed by atoms with van der Waals surface area (Å²) in [6.45, 7) is 2.74. The molecule has 4 heteroatoms. The Hall–Kier alpha value is -1.97. The molecule has 0 spiro atoms. The Morgan fingerprint density at radius 1 is 0.812 bits per heavy atom. The van der Waals surface area contributed by atoms with E-state index in [9.17, 15) is 9.90 Å². The standard InChI is InChI=1S/C28H46O4/c1-3-4-5-6-7-8-9-10-11-12-13-14-15-16-17-18-23-32-28(30)22-20-25-19-21-27(31-2)26(29)24-25/h19-22,24,29H,3-18,23H2,1-2H3/b22-20+. The molecular weight excluding hydrogens is 400 g/mol. The molecule has 0 aliphatic rings. The minimum atomic E-state index is -0.346. The number of carbonyl (C=O) groups excluding carboxylic acids is 1. The van der Waals surface area contributed by atoms with Crippen molar-refractivity contribution in [1.82, 2.24) is 0 Å². The summed E-state index contributed by atoms with van der Waals surface area (Å²) in [6, 6.07) is 4.99. The molecule has 0 saturated heterocycles. The van der Waals surface area contributed by atoms with Gasteiger partial charge in [0.05, 0.1) is 13.7 Å². The van der Waals surface area contributed by atoms with Crippen LogP contribution in [0.3, 0.4) is 0 Å². The van der Waals surface area contributed by atoms with Crippen molar-refractivity contribution in [2.75, 3.05) is 13.7 Å². The van der Waals surface area contributed by atoms with Gasteiger partial charge in [0.2, 0.25) is 0 Å². The second-order valence-electron chi connectivity index (χ2n) is 8.74. The Bertz CT molecular complexity index is 624. The van der Waals surface area contributed by atoms with E-state index in [2.05, 4.69) is 6.92 Å². The molecule has 0 bridgehead atoms. The first-order valence-corrected chi connectivity index (χ1v) is 12.9. The molecule has 0 aliphatic carbocycles. The fraction of sp³-hybridized carbons (Fsp3) is 0.679. The lowest BCUT2D eigenvalue weighted by atomic mass is 10.0. The maximum absolute atomic E-state index is 11.8. The molecule has 0 aromatic heterocycles. The summed E-state index contributed by atoms with van der Waals surface area (Å²) in [5, 5.41) is 9.75. The van der Waals surface area contributed by atoms with Crippen LogP contribution in [0, 0.1) is 0 Å². The van der Waals surface area contributed by atoms with Crippen LogP contribution in [0.1, 0.15) is 115 Å². The number of hydrogen-bond donors (Lipinski definition) is 1. The maximum Gasteiger partial charge on any atom is 0.330 e. The minimum absolute atomic E-state index is 0.0520. The van der Waals surface area contributed by atoms with Gasteiger partial charge in [-0.25, -0.2) is 4.79 Å². The highest BCUT2D eigenvalue weighted by molar-refractivity contribution is 5.87. The second kappa shape index (κ2) is 19.7. The molecule has 0 unspecified atom stereocenters. The van der Waals surface area contributed by atoms with Crippen LogP contribution in [0.2, 0.25) is 0 Å². The number of methoxy groups -OCH3 is 1. The molecule has 0 radical (unpaired) electrons. The number of rotatable bonds is 20. The summed E-state index contributed by atoms with van der Waals surface area (Å²) in [7, 11) is 1.50. The average Bonchev–Trinajstić information content (AvgIpc) is 2.79. The van der Waals surface area contributed by atoms with Crippen LogP contribution >= 0.6 is 0 Å². The maximum atomic E-state index is 11.8. The van der Waals surface area contributed by atoms with Gasteiger partial charge in [0.1, 0.15) is 0 Å². The first-order valence-electron chi connectivity index (χ1n) is 12.9. The molecule has 1 N–H and O–H groups in total. The van der Waals surface area contributed by atoms with E-state index in [1.54, 1.807) is 24.3 Å². The van der Waals surface area contributed by atoms with E-state index in [0.29, 0.717) is 12.4 Å². The lowest BCUT2D eigenvalue weighted by Crippen LogP contribution is -2.02. The molecule has 1 rings (SSSR count). The van der Waals surface area contributed by atoms with E-state index in [1.807, 2.05) is 0 Å². The van der Waals surface area contributed by atoms with Crippen LogP contribution in [-0.2, 0) is 9.53 Å². The molecule has 0 heterocycles. The third kappa shape index (κ3) is 14.9. The van der Waals surface area contributed by atoms with E-state index in [1.165, 1.54) is 103 Å². The highest BCUT2D eigenvalue weighted by Gasteiger charge is 2.02. The van der Waals surface area contributed by atoms with Gasteiger partial charge >= 0.3 is 5.97 Å². The van der Waals surface area contributed by atoms with Crippen molar-refractivity contribution in [3.05, 3.63) is 29.8 Å². The predicted octanol–water partition coefficient (Wildman–Crippen LogP) is 8.22. The first kappa shape index (κ1) is 28.1. The average molecular weight is 447 g/mol. The number of phenolic OH excluding ortho intramolecular Hbond substituents is 1. The largest absolute Gasteiger partial charge is 0.504 e. The number of hydrogen-bond acceptors (Lipinski definition) is 4. The van der Waals surface area contributed by atoms with Gasteiger partial charge in [-0.3, -0.25) is 0 Å². The highest BCUT2D eigenvalue weighted by Crippen LogP contribution is 2.26. The number of ether oxygens (including phenoxy) is 2. The van der Waals surface area contributed by atoms with Crippen LogP contribution in [0.5, 0.6) is 11.5 Å². The molecule has 0 amide bonds. The van der Waals surface area contributed by atoms with Crippen molar-refractivity contribution >= 4 is 12.0 Å². The minimum Gasteiger partial charge on any atom is -0.504 e. The Morgan fingerprint density at radius 3 is 1.78 bits per heavy atom.